The summed E-state index contributed by atoms with van der Waals surface area (Å²) in [5.41, 5.74) is 1.06. The molecule has 4 saturated carbocycles. The van der Waals surface area contributed by atoms with Crippen molar-refractivity contribution in [1.29, 1.82) is 0 Å². The van der Waals surface area contributed by atoms with Gasteiger partial charge in [0, 0.05) is 12.2 Å². The Morgan fingerprint density at radius 3 is 2.17 bits per heavy atom. The van der Waals surface area contributed by atoms with Crippen LogP contribution in [-0.2, 0) is 4.79 Å². The van der Waals surface area contributed by atoms with Crippen molar-refractivity contribution in [3.8, 4) is 0 Å². The second-order valence-corrected chi connectivity index (χ2v) is 8.86. The van der Waals surface area contributed by atoms with E-state index in [1.165, 1.54) is 19.3 Å². The first-order chi connectivity index (χ1) is 11.7. The average Bonchev–Trinajstić information content (AvgIpc) is 3.09. The highest BCUT2D eigenvalue weighted by Crippen LogP contribution is 2.60. The minimum absolute atomic E-state index is 0.0484. The van der Waals surface area contributed by atoms with Crippen molar-refractivity contribution < 1.29 is 4.79 Å². The van der Waals surface area contributed by atoms with Gasteiger partial charge >= 0.3 is 0 Å². The largest absolute Gasteiger partial charge is 0.315 e. The van der Waals surface area contributed by atoms with Crippen LogP contribution in [0.4, 0.5) is 5.69 Å². The molecular weight excluding hydrogens is 296 g/mol. The Hall–Kier alpha value is -1.35. The smallest absolute Gasteiger partial charge is 0.233 e. The minimum Gasteiger partial charge on any atom is -0.315 e. The standard InChI is InChI=1S/C21H28N2O/c24-20(21-11-15-8-16(12-21)10-17(9-15)13-21)23(19-6-7-22-14-19)18-4-2-1-3-5-18/h1-5,15-17,19,22H,6-14H2. The molecule has 0 aromatic heterocycles. The summed E-state index contributed by atoms with van der Waals surface area (Å²) in [7, 11) is 0. The van der Waals surface area contributed by atoms with E-state index in [0.29, 0.717) is 11.9 Å². The fraction of sp³-hybridized carbons (Fsp3) is 0.667. The monoisotopic (exact) mass is 324 g/mol. The van der Waals surface area contributed by atoms with Crippen molar-refractivity contribution in [2.45, 2.75) is 51.0 Å². The van der Waals surface area contributed by atoms with E-state index < -0.39 is 0 Å². The maximum Gasteiger partial charge on any atom is 0.233 e. The number of carbonyl (C=O) groups excluding carboxylic acids is 1. The summed E-state index contributed by atoms with van der Waals surface area (Å²) in [5.74, 6) is 2.90. The van der Waals surface area contributed by atoms with Gasteiger partial charge in [-0.2, -0.15) is 0 Å². The Balaban J connectivity index is 1.50. The maximum atomic E-state index is 13.9. The Morgan fingerprint density at radius 1 is 1.00 bits per heavy atom. The molecule has 1 aromatic rings. The molecule has 1 aliphatic heterocycles. The number of carbonyl (C=O) groups is 1. The third-order valence-corrected chi connectivity index (χ3v) is 7.14. The summed E-state index contributed by atoms with van der Waals surface area (Å²) in [4.78, 5) is 16.1. The lowest BCUT2D eigenvalue weighted by molar-refractivity contribution is -0.143. The van der Waals surface area contributed by atoms with Gasteiger partial charge in [-0.3, -0.25) is 4.79 Å². The molecule has 1 amide bonds. The molecular formula is C21H28N2O. The van der Waals surface area contributed by atoms with Gasteiger partial charge < -0.3 is 10.2 Å². The van der Waals surface area contributed by atoms with Crippen LogP contribution in [-0.4, -0.2) is 25.0 Å². The quantitative estimate of drug-likeness (QED) is 0.921. The fourth-order valence-corrected chi connectivity index (χ4v) is 6.57. The number of amides is 1. The van der Waals surface area contributed by atoms with Crippen molar-refractivity contribution >= 4 is 11.6 Å². The topological polar surface area (TPSA) is 32.3 Å². The van der Waals surface area contributed by atoms with Gasteiger partial charge in [-0.1, -0.05) is 18.2 Å². The summed E-state index contributed by atoms with van der Waals surface area (Å²) in [6.45, 7) is 1.97. The summed E-state index contributed by atoms with van der Waals surface area (Å²) >= 11 is 0. The molecule has 6 rings (SSSR count). The summed E-state index contributed by atoms with van der Waals surface area (Å²) in [5, 5.41) is 3.46. The third-order valence-electron chi connectivity index (χ3n) is 7.14. The van der Waals surface area contributed by atoms with Crippen LogP contribution in [0.5, 0.6) is 0 Å². The van der Waals surface area contributed by atoms with E-state index in [1.807, 2.05) is 6.07 Å². The van der Waals surface area contributed by atoms with Crippen LogP contribution in [0.1, 0.15) is 44.9 Å². The van der Waals surface area contributed by atoms with Gasteiger partial charge in [-0.05, 0) is 81.4 Å². The zero-order chi connectivity index (χ0) is 16.1. The van der Waals surface area contributed by atoms with Gasteiger partial charge in [0.05, 0.1) is 11.5 Å². The predicted octanol–water partition coefficient (Wildman–Crippen LogP) is 3.60. The lowest BCUT2D eigenvalue weighted by atomic mass is 9.49. The number of anilines is 1. The lowest BCUT2D eigenvalue weighted by Crippen LogP contribution is -2.57. The van der Waals surface area contributed by atoms with Crippen LogP contribution < -0.4 is 10.2 Å². The van der Waals surface area contributed by atoms with E-state index in [-0.39, 0.29) is 5.41 Å². The van der Waals surface area contributed by atoms with Gasteiger partial charge in [-0.25, -0.2) is 0 Å². The number of hydrogen-bond acceptors (Lipinski definition) is 2. The first-order valence-electron chi connectivity index (χ1n) is 9.83. The van der Waals surface area contributed by atoms with Crippen molar-refractivity contribution in [2.24, 2.45) is 23.2 Å². The van der Waals surface area contributed by atoms with Crippen molar-refractivity contribution in [1.82, 2.24) is 5.32 Å². The van der Waals surface area contributed by atoms with Crippen molar-refractivity contribution in [2.75, 3.05) is 18.0 Å². The van der Waals surface area contributed by atoms with Gasteiger partial charge in [0.15, 0.2) is 0 Å². The highest BCUT2D eigenvalue weighted by molar-refractivity contribution is 5.98. The number of benzene rings is 1. The van der Waals surface area contributed by atoms with Crippen LogP contribution in [0.15, 0.2) is 30.3 Å². The molecule has 1 unspecified atom stereocenters. The van der Waals surface area contributed by atoms with E-state index in [2.05, 4.69) is 34.5 Å². The summed E-state index contributed by atoms with van der Waals surface area (Å²) < 4.78 is 0. The predicted molar refractivity (Wildman–Crippen MR) is 95.8 cm³/mol. The molecule has 3 nitrogen and oxygen atoms in total. The van der Waals surface area contributed by atoms with Crippen molar-refractivity contribution in [3.63, 3.8) is 0 Å². The maximum absolute atomic E-state index is 13.9. The number of rotatable bonds is 3. The summed E-state index contributed by atoms with van der Waals surface area (Å²) in [6, 6.07) is 10.7. The fourth-order valence-electron chi connectivity index (χ4n) is 6.57. The molecule has 4 bridgehead atoms. The second-order valence-electron chi connectivity index (χ2n) is 8.86. The van der Waals surface area contributed by atoms with Gasteiger partial charge in [0.1, 0.15) is 0 Å². The molecule has 1 aromatic carbocycles. The minimum atomic E-state index is -0.0484. The summed E-state index contributed by atoms with van der Waals surface area (Å²) in [6.07, 6.45) is 8.71. The van der Waals surface area contributed by atoms with Crippen LogP contribution in [0.25, 0.3) is 0 Å². The molecule has 0 radical (unpaired) electrons. The Bertz CT molecular complexity index is 585. The van der Waals surface area contributed by atoms with E-state index in [1.54, 1.807) is 0 Å². The van der Waals surface area contributed by atoms with E-state index >= 15 is 0 Å². The first kappa shape index (κ1) is 14.9. The number of para-hydroxylation sites is 1. The zero-order valence-corrected chi connectivity index (χ0v) is 14.4. The van der Waals surface area contributed by atoms with Crippen LogP contribution in [0, 0.1) is 23.2 Å². The number of hydrogen-bond donors (Lipinski definition) is 1. The Morgan fingerprint density at radius 2 is 1.62 bits per heavy atom. The Kier molecular flexibility index (Phi) is 3.48. The molecule has 4 aliphatic carbocycles. The molecule has 3 heteroatoms. The first-order valence-corrected chi connectivity index (χ1v) is 9.83. The van der Waals surface area contributed by atoms with Crippen molar-refractivity contribution in [3.05, 3.63) is 30.3 Å². The Labute approximate surface area is 144 Å². The highest BCUT2D eigenvalue weighted by Gasteiger charge is 2.56. The molecule has 1 saturated heterocycles. The van der Waals surface area contributed by atoms with E-state index in [9.17, 15) is 4.79 Å². The molecule has 5 fully saturated rings. The normalized spacial score (nSPS) is 40.0. The highest BCUT2D eigenvalue weighted by atomic mass is 16.2. The second kappa shape index (κ2) is 5.59. The van der Waals surface area contributed by atoms with Crippen LogP contribution in [0.2, 0.25) is 0 Å². The number of nitrogens with zero attached hydrogens (tertiary/aromatic N) is 1. The molecule has 5 aliphatic rings. The lowest BCUT2D eigenvalue weighted by Gasteiger charge is -2.57. The van der Waals surface area contributed by atoms with E-state index in [4.69, 9.17) is 0 Å². The SMILES string of the molecule is O=C(N(c1ccccc1)C1CCNC1)C12CC3CC(CC(C3)C1)C2. The molecule has 24 heavy (non-hydrogen) atoms. The molecule has 1 heterocycles. The van der Waals surface area contributed by atoms with Gasteiger partial charge in [0.2, 0.25) is 5.91 Å². The van der Waals surface area contributed by atoms with Gasteiger partial charge in [-0.15, -0.1) is 0 Å². The van der Waals surface area contributed by atoms with Crippen LogP contribution >= 0.6 is 0 Å². The zero-order valence-electron chi connectivity index (χ0n) is 14.4. The van der Waals surface area contributed by atoms with E-state index in [0.717, 1.165) is 62.2 Å². The molecule has 1 atom stereocenters. The third kappa shape index (κ3) is 2.32. The molecule has 1 N–H and O–H groups in total. The average molecular weight is 324 g/mol. The molecule has 128 valence electrons. The van der Waals surface area contributed by atoms with Gasteiger partial charge in [0.25, 0.3) is 0 Å². The molecule has 0 spiro atoms. The number of nitrogens with one attached hydrogen (secondary N) is 1. The van der Waals surface area contributed by atoms with Crippen LogP contribution in [0.3, 0.4) is 0 Å².